The first kappa shape index (κ1) is 26.1. The fourth-order valence-electron chi connectivity index (χ4n) is 7.69. The summed E-state index contributed by atoms with van der Waals surface area (Å²) in [5.41, 5.74) is -3.82. The van der Waals surface area contributed by atoms with E-state index in [4.69, 9.17) is 9.47 Å². The van der Waals surface area contributed by atoms with Crippen molar-refractivity contribution in [1.82, 2.24) is 0 Å². The predicted molar refractivity (Wildman–Crippen MR) is 129 cm³/mol. The van der Waals surface area contributed by atoms with Crippen molar-refractivity contribution in [2.24, 2.45) is 29.1 Å². The number of ether oxygens (including phenoxy) is 2. The van der Waals surface area contributed by atoms with Crippen molar-refractivity contribution in [3.63, 3.8) is 0 Å². The molecule has 4 rings (SSSR count). The van der Waals surface area contributed by atoms with E-state index in [1.54, 1.807) is 19.9 Å². The highest BCUT2D eigenvalue weighted by Crippen LogP contribution is 2.77. The lowest BCUT2D eigenvalue weighted by Gasteiger charge is -2.53. The molecule has 0 aromatic carbocycles. The van der Waals surface area contributed by atoms with E-state index >= 15 is 0 Å². The summed E-state index contributed by atoms with van der Waals surface area (Å²) in [4.78, 5) is 38.8. The molecule has 0 aromatic heterocycles. The van der Waals surface area contributed by atoms with Crippen LogP contribution in [0.2, 0.25) is 0 Å². The van der Waals surface area contributed by atoms with Gasteiger partial charge in [0, 0.05) is 48.3 Å². The second-order valence-electron chi connectivity index (χ2n) is 11.8. The van der Waals surface area contributed by atoms with Crippen LogP contribution in [0.3, 0.4) is 0 Å². The first-order valence-electron chi connectivity index (χ1n) is 13.0. The number of carbonyl (C=O) groups is 3. The maximum Gasteiger partial charge on any atom is 0.306 e. The summed E-state index contributed by atoms with van der Waals surface area (Å²) in [6, 6.07) is 0. The van der Waals surface area contributed by atoms with Crippen LogP contribution >= 0.6 is 0 Å². The van der Waals surface area contributed by atoms with Gasteiger partial charge in [0.15, 0.2) is 11.4 Å². The van der Waals surface area contributed by atoms with Crippen LogP contribution in [0.5, 0.6) is 0 Å². The number of aliphatic hydroxyl groups is 2. The van der Waals surface area contributed by atoms with Gasteiger partial charge in [-0.25, -0.2) is 0 Å². The topological polar surface area (TPSA) is 110 Å². The van der Waals surface area contributed by atoms with E-state index in [1.165, 1.54) is 0 Å². The second-order valence-corrected chi connectivity index (χ2v) is 11.8. The predicted octanol–water partition coefficient (Wildman–Crippen LogP) is 3.66. The summed E-state index contributed by atoms with van der Waals surface area (Å²) >= 11 is 0. The lowest BCUT2D eigenvalue weighted by atomic mass is 9.59. The van der Waals surface area contributed by atoms with Gasteiger partial charge in [-0.05, 0) is 32.3 Å². The van der Waals surface area contributed by atoms with Crippen LogP contribution in [-0.4, -0.2) is 50.8 Å². The van der Waals surface area contributed by atoms with E-state index in [2.05, 4.69) is 0 Å². The van der Waals surface area contributed by atoms with Crippen LogP contribution in [0.25, 0.3) is 0 Å². The average Bonchev–Trinajstić information content (AvgIpc) is 3.18. The standard InChI is InChI=1S/C28H40O7/c1-8-10-20(29)34-24-17(5)27(33)18(22-25(6,7)28(22,24)35-21(30)11-9-2)12-15(3)14-26(32)19(27)13-16(4)23(26)31/h12-13,17-19,22,24,32-33H,8-11,14H2,1-7H3/t17-,18+,19-,22?,24-,26-,27-,28-/m1/s1. The van der Waals surface area contributed by atoms with Gasteiger partial charge in [0.05, 0.1) is 5.60 Å². The number of carbonyl (C=O) groups excluding carboxylic acids is 3. The maximum absolute atomic E-state index is 13.1. The van der Waals surface area contributed by atoms with Gasteiger partial charge in [-0.15, -0.1) is 0 Å². The second kappa shape index (κ2) is 8.27. The minimum absolute atomic E-state index is 0.117. The van der Waals surface area contributed by atoms with Gasteiger partial charge in [0.1, 0.15) is 11.7 Å². The van der Waals surface area contributed by atoms with E-state index in [0.29, 0.717) is 18.4 Å². The number of ketones is 1. The molecule has 0 saturated heterocycles. The molecule has 4 aliphatic rings. The summed E-state index contributed by atoms with van der Waals surface area (Å²) in [6.07, 6.45) is 4.53. The maximum atomic E-state index is 13.1. The van der Waals surface area contributed by atoms with Crippen molar-refractivity contribution in [3.8, 4) is 0 Å². The molecule has 7 nitrogen and oxygen atoms in total. The van der Waals surface area contributed by atoms with Crippen LogP contribution in [0.4, 0.5) is 0 Å². The molecule has 0 amide bonds. The van der Waals surface area contributed by atoms with Gasteiger partial charge in [0.2, 0.25) is 0 Å². The molecular formula is C28H40O7. The Bertz CT molecular complexity index is 1010. The highest BCUT2D eigenvalue weighted by molar-refractivity contribution is 6.04. The lowest BCUT2D eigenvalue weighted by Crippen LogP contribution is -2.66. The third-order valence-electron chi connectivity index (χ3n) is 9.31. The van der Waals surface area contributed by atoms with Gasteiger partial charge in [0.25, 0.3) is 0 Å². The Balaban J connectivity index is 1.90. The highest BCUT2D eigenvalue weighted by Gasteiger charge is 2.87. The van der Waals surface area contributed by atoms with Gasteiger partial charge in [-0.2, -0.15) is 0 Å². The molecule has 2 fully saturated rings. The van der Waals surface area contributed by atoms with Crippen LogP contribution in [0, 0.1) is 29.1 Å². The molecule has 0 heterocycles. The Morgan fingerprint density at radius 1 is 1.06 bits per heavy atom. The van der Waals surface area contributed by atoms with Crippen molar-refractivity contribution >= 4 is 17.7 Å². The number of Topliss-reactive ketones (excluding diaryl/α,β-unsaturated/α-hetero) is 1. The van der Waals surface area contributed by atoms with Crippen molar-refractivity contribution in [1.29, 1.82) is 0 Å². The van der Waals surface area contributed by atoms with Crippen molar-refractivity contribution in [2.45, 2.75) is 103 Å². The molecule has 35 heavy (non-hydrogen) atoms. The molecule has 194 valence electrons. The minimum atomic E-state index is -1.77. The molecule has 0 aromatic rings. The quantitative estimate of drug-likeness (QED) is 0.434. The van der Waals surface area contributed by atoms with E-state index in [0.717, 1.165) is 5.57 Å². The Labute approximate surface area is 207 Å². The zero-order valence-corrected chi connectivity index (χ0v) is 22.0. The molecule has 0 radical (unpaired) electrons. The van der Waals surface area contributed by atoms with E-state index in [9.17, 15) is 24.6 Å². The molecule has 8 atom stereocenters. The van der Waals surface area contributed by atoms with Crippen LogP contribution in [-0.2, 0) is 23.9 Å². The third kappa shape index (κ3) is 3.33. The zero-order valence-electron chi connectivity index (χ0n) is 22.0. The Kier molecular flexibility index (Phi) is 6.16. The highest BCUT2D eigenvalue weighted by atomic mass is 16.6. The molecule has 1 unspecified atom stereocenters. The molecule has 0 spiro atoms. The van der Waals surface area contributed by atoms with Crippen molar-refractivity contribution < 1.29 is 34.1 Å². The first-order chi connectivity index (χ1) is 16.2. The molecule has 2 N–H and O–H groups in total. The van der Waals surface area contributed by atoms with Gasteiger partial charge < -0.3 is 19.7 Å². The molecule has 4 aliphatic carbocycles. The monoisotopic (exact) mass is 488 g/mol. The minimum Gasteiger partial charge on any atom is -0.458 e. The molecule has 0 bridgehead atoms. The Hall–Kier alpha value is -1.99. The van der Waals surface area contributed by atoms with Crippen LogP contribution in [0.1, 0.15) is 80.6 Å². The Morgan fingerprint density at radius 2 is 1.66 bits per heavy atom. The van der Waals surface area contributed by atoms with Crippen LogP contribution in [0.15, 0.2) is 23.3 Å². The third-order valence-corrected chi connectivity index (χ3v) is 9.31. The van der Waals surface area contributed by atoms with Gasteiger partial charge in [-0.3, -0.25) is 14.4 Å². The number of esters is 2. The molecule has 0 aliphatic heterocycles. The number of hydrogen-bond donors (Lipinski definition) is 2. The smallest absolute Gasteiger partial charge is 0.306 e. The summed E-state index contributed by atoms with van der Waals surface area (Å²) in [6.45, 7) is 13.1. The summed E-state index contributed by atoms with van der Waals surface area (Å²) in [5, 5.41) is 24.3. The zero-order chi connectivity index (χ0) is 26.1. The number of fused-ring (bicyclic) bond motifs is 5. The molecule has 2 saturated carbocycles. The van der Waals surface area contributed by atoms with Gasteiger partial charge in [-0.1, -0.05) is 52.3 Å². The van der Waals surface area contributed by atoms with Crippen molar-refractivity contribution in [2.75, 3.05) is 0 Å². The Morgan fingerprint density at radius 3 is 2.26 bits per heavy atom. The number of hydrogen-bond acceptors (Lipinski definition) is 7. The summed E-state index contributed by atoms with van der Waals surface area (Å²) < 4.78 is 12.3. The summed E-state index contributed by atoms with van der Waals surface area (Å²) in [7, 11) is 0. The lowest BCUT2D eigenvalue weighted by molar-refractivity contribution is -0.229. The molecular weight excluding hydrogens is 448 g/mol. The van der Waals surface area contributed by atoms with Crippen molar-refractivity contribution in [3.05, 3.63) is 23.3 Å². The largest absolute Gasteiger partial charge is 0.458 e. The average molecular weight is 489 g/mol. The first-order valence-corrected chi connectivity index (χ1v) is 13.0. The normalized spacial score (nSPS) is 43.1. The molecule has 7 heteroatoms. The summed E-state index contributed by atoms with van der Waals surface area (Å²) in [5.74, 6) is -3.58. The van der Waals surface area contributed by atoms with Crippen LogP contribution < -0.4 is 0 Å². The van der Waals surface area contributed by atoms with E-state index in [1.807, 2.05) is 40.7 Å². The fourth-order valence-corrected chi connectivity index (χ4v) is 7.69. The van der Waals surface area contributed by atoms with E-state index < -0.39 is 52.0 Å². The number of rotatable bonds is 6. The van der Waals surface area contributed by atoms with E-state index in [-0.39, 0.29) is 36.9 Å². The SMILES string of the molecule is CCCC(=O)O[C@@H]1[C@@H](C)[C@@]2(O)[C@@H](C=C(C)C[C@]3(O)C(=O)C(C)=C[C@@H]23)C2C(C)(C)[C@@]21OC(=O)CCC. The van der Waals surface area contributed by atoms with Gasteiger partial charge >= 0.3 is 11.9 Å². The fraction of sp³-hybridized carbons (Fsp3) is 0.750.